The fourth-order valence-electron chi connectivity index (χ4n) is 2.12. The van der Waals surface area contributed by atoms with Crippen LogP contribution in [-0.2, 0) is 9.53 Å². The molecule has 0 aromatic carbocycles. The number of carbonyl (C=O) groups is 1. The number of aliphatic imine (C=N–C) groups is 1. The zero-order valence-corrected chi connectivity index (χ0v) is 14.7. The second-order valence-electron chi connectivity index (χ2n) is 5.32. The van der Waals surface area contributed by atoms with Crippen molar-refractivity contribution in [3.05, 3.63) is 36.0 Å². The zero-order chi connectivity index (χ0) is 19.1. The monoisotopic (exact) mass is 359 g/mol. The van der Waals surface area contributed by atoms with Crippen LogP contribution in [0.3, 0.4) is 0 Å². The van der Waals surface area contributed by atoms with Gasteiger partial charge in [0, 0.05) is 13.3 Å². The predicted octanol–water partition coefficient (Wildman–Crippen LogP) is 0.349. The van der Waals surface area contributed by atoms with Crippen LogP contribution in [0.2, 0.25) is 0 Å². The van der Waals surface area contributed by atoms with Gasteiger partial charge in [-0.25, -0.2) is 4.98 Å². The van der Waals surface area contributed by atoms with Crippen molar-refractivity contribution in [1.82, 2.24) is 19.7 Å². The largest absolute Gasteiger partial charge is 0.482 e. The van der Waals surface area contributed by atoms with Crippen molar-refractivity contribution in [3.8, 4) is 11.5 Å². The number of pyridine rings is 1. The van der Waals surface area contributed by atoms with E-state index < -0.39 is 5.91 Å². The highest BCUT2D eigenvalue weighted by Crippen LogP contribution is 2.20. The van der Waals surface area contributed by atoms with Gasteiger partial charge >= 0.3 is 0 Å². The van der Waals surface area contributed by atoms with Crippen LogP contribution in [-0.4, -0.2) is 57.7 Å². The third kappa shape index (κ3) is 4.22. The van der Waals surface area contributed by atoms with E-state index in [0.717, 1.165) is 0 Å². The molecular formula is C16H21N7O3. The van der Waals surface area contributed by atoms with Crippen LogP contribution in [0.25, 0.3) is 11.5 Å². The van der Waals surface area contributed by atoms with Crippen molar-refractivity contribution >= 4 is 17.9 Å². The molecule has 0 fully saturated rings. The number of hydrogen-bond acceptors (Lipinski definition) is 8. The van der Waals surface area contributed by atoms with E-state index in [0.29, 0.717) is 17.3 Å². The van der Waals surface area contributed by atoms with E-state index in [2.05, 4.69) is 25.5 Å². The van der Waals surface area contributed by atoms with Crippen LogP contribution in [0.15, 0.2) is 41.0 Å². The molecule has 0 aliphatic heterocycles. The fourth-order valence-corrected chi connectivity index (χ4v) is 2.12. The highest BCUT2D eigenvalue weighted by molar-refractivity contribution is 6.17. The number of methoxy groups -OCH3 is 1. The molecule has 0 saturated heterocycles. The van der Waals surface area contributed by atoms with Crippen LogP contribution in [0, 0.1) is 0 Å². The first-order valence-corrected chi connectivity index (χ1v) is 7.76. The maximum atomic E-state index is 12.4. The van der Waals surface area contributed by atoms with Gasteiger partial charge in [0.25, 0.3) is 5.91 Å². The van der Waals surface area contributed by atoms with E-state index in [1.165, 1.54) is 26.7 Å². The summed E-state index contributed by atoms with van der Waals surface area (Å²) in [6, 6.07) is 4.87. The van der Waals surface area contributed by atoms with Crippen LogP contribution < -0.4 is 11.1 Å². The standard InChI is InChI=1S/C16H21N7O3/c1-10(8-24)23-9-19-22-15(23)12-5-4-6-13(20-12)21-16(25)11(7-18-2)14(17)26-3/h4-7,9-10,24H,8,17H2,1-3H3,(H,20,21,25)/b14-11-,18-7?. The normalized spacial score (nSPS) is 13.4. The lowest BCUT2D eigenvalue weighted by molar-refractivity contribution is -0.112. The van der Waals surface area contributed by atoms with E-state index in [1.807, 2.05) is 6.92 Å². The van der Waals surface area contributed by atoms with Crippen molar-refractivity contribution in [1.29, 1.82) is 0 Å². The lowest BCUT2D eigenvalue weighted by atomic mass is 10.2. The van der Waals surface area contributed by atoms with E-state index in [4.69, 9.17) is 10.5 Å². The van der Waals surface area contributed by atoms with E-state index >= 15 is 0 Å². The number of aromatic nitrogens is 4. The molecule has 0 aliphatic rings. The minimum atomic E-state index is -0.509. The first-order valence-electron chi connectivity index (χ1n) is 7.76. The highest BCUT2D eigenvalue weighted by atomic mass is 16.5. The number of carbonyl (C=O) groups excluding carboxylic acids is 1. The molecule has 0 bridgehead atoms. The lowest BCUT2D eigenvalue weighted by Gasteiger charge is -2.12. The molecule has 4 N–H and O–H groups in total. The molecule has 2 aromatic heterocycles. The second-order valence-corrected chi connectivity index (χ2v) is 5.32. The fraction of sp³-hybridized carbons (Fsp3) is 0.312. The molecule has 0 aliphatic carbocycles. The lowest BCUT2D eigenvalue weighted by Crippen LogP contribution is -2.21. The summed E-state index contributed by atoms with van der Waals surface area (Å²) in [6.45, 7) is 1.76. The number of anilines is 1. The Morgan fingerprint density at radius 3 is 2.96 bits per heavy atom. The van der Waals surface area contributed by atoms with Crippen LogP contribution >= 0.6 is 0 Å². The summed E-state index contributed by atoms with van der Waals surface area (Å²) >= 11 is 0. The van der Waals surface area contributed by atoms with Gasteiger partial charge in [-0.1, -0.05) is 6.07 Å². The van der Waals surface area contributed by atoms with Crippen molar-refractivity contribution in [2.45, 2.75) is 13.0 Å². The molecule has 0 spiro atoms. The van der Waals surface area contributed by atoms with E-state index in [-0.39, 0.29) is 24.1 Å². The summed E-state index contributed by atoms with van der Waals surface area (Å²) in [5.41, 5.74) is 6.25. The number of nitrogens with zero attached hydrogens (tertiary/aromatic N) is 5. The Hall–Kier alpha value is -3.27. The molecule has 2 rings (SSSR count). The van der Waals surface area contributed by atoms with Crippen LogP contribution in [0.1, 0.15) is 13.0 Å². The van der Waals surface area contributed by atoms with Crippen molar-refractivity contribution < 1.29 is 14.6 Å². The SMILES string of the molecule is CN=C/C(C(=O)Nc1cccc(-c2nncn2C(C)CO)n1)=C(\N)OC. The summed E-state index contributed by atoms with van der Waals surface area (Å²) in [6.07, 6.45) is 2.82. The Balaban J connectivity index is 2.30. The van der Waals surface area contributed by atoms with Gasteiger partial charge in [0.15, 0.2) is 11.7 Å². The molecule has 0 saturated carbocycles. The van der Waals surface area contributed by atoms with Crippen LogP contribution in [0.5, 0.6) is 0 Å². The molecule has 2 heterocycles. The van der Waals surface area contributed by atoms with Gasteiger partial charge < -0.3 is 25.5 Å². The maximum Gasteiger partial charge on any atom is 0.263 e. The average molecular weight is 359 g/mol. The smallest absolute Gasteiger partial charge is 0.263 e. The Morgan fingerprint density at radius 1 is 1.54 bits per heavy atom. The number of rotatable bonds is 7. The summed E-state index contributed by atoms with van der Waals surface area (Å²) in [5, 5.41) is 19.9. The van der Waals surface area contributed by atoms with Gasteiger partial charge in [-0.3, -0.25) is 9.79 Å². The van der Waals surface area contributed by atoms with Crippen LogP contribution in [0.4, 0.5) is 5.82 Å². The molecule has 1 unspecified atom stereocenters. The molecule has 1 atom stereocenters. The second kappa shape index (κ2) is 8.72. The molecule has 0 radical (unpaired) electrons. The third-order valence-electron chi connectivity index (χ3n) is 3.52. The summed E-state index contributed by atoms with van der Waals surface area (Å²) in [4.78, 5) is 20.6. The third-order valence-corrected chi connectivity index (χ3v) is 3.52. The number of amides is 1. The maximum absolute atomic E-state index is 12.4. The van der Waals surface area contributed by atoms with Gasteiger partial charge in [0.2, 0.25) is 0 Å². The summed E-state index contributed by atoms with van der Waals surface area (Å²) < 4.78 is 6.60. The van der Waals surface area contributed by atoms with Gasteiger partial charge in [-0.05, 0) is 19.1 Å². The Bertz CT molecular complexity index is 829. The molecule has 10 nitrogen and oxygen atoms in total. The van der Waals surface area contributed by atoms with Gasteiger partial charge in [0.1, 0.15) is 23.4 Å². The molecule has 10 heteroatoms. The Morgan fingerprint density at radius 2 is 2.31 bits per heavy atom. The quantitative estimate of drug-likeness (QED) is 0.368. The Labute approximate surface area is 150 Å². The van der Waals surface area contributed by atoms with Gasteiger partial charge in [-0.15, -0.1) is 10.2 Å². The number of nitrogens with one attached hydrogen (secondary N) is 1. The molecule has 1 amide bonds. The zero-order valence-electron chi connectivity index (χ0n) is 14.7. The number of aliphatic hydroxyl groups is 1. The number of aliphatic hydroxyl groups excluding tert-OH is 1. The number of nitrogens with two attached hydrogens (primary N) is 1. The van der Waals surface area contributed by atoms with Crippen molar-refractivity contribution in [2.75, 3.05) is 26.1 Å². The first-order chi connectivity index (χ1) is 12.5. The molecular weight excluding hydrogens is 338 g/mol. The average Bonchev–Trinajstić information content (AvgIpc) is 3.14. The topological polar surface area (TPSA) is 141 Å². The molecule has 138 valence electrons. The minimum Gasteiger partial charge on any atom is -0.482 e. The number of hydrogen-bond donors (Lipinski definition) is 3. The molecule has 26 heavy (non-hydrogen) atoms. The summed E-state index contributed by atoms with van der Waals surface area (Å²) in [5.74, 6) is 0.208. The summed E-state index contributed by atoms with van der Waals surface area (Å²) in [7, 11) is 2.88. The molecule has 2 aromatic rings. The highest BCUT2D eigenvalue weighted by Gasteiger charge is 2.16. The van der Waals surface area contributed by atoms with E-state index in [1.54, 1.807) is 22.8 Å². The number of ether oxygens (including phenoxy) is 1. The van der Waals surface area contributed by atoms with Gasteiger partial charge in [0.05, 0.1) is 19.8 Å². The predicted molar refractivity (Wildman–Crippen MR) is 96.3 cm³/mol. The Kier molecular flexibility index (Phi) is 6.39. The van der Waals surface area contributed by atoms with Gasteiger partial charge in [-0.2, -0.15) is 0 Å². The van der Waals surface area contributed by atoms with E-state index in [9.17, 15) is 9.90 Å². The minimum absolute atomic E-state index is 0.0548. The van der Waals surface area contributed by atoms with Crippen molar-refractivity contribution in [2.24, 2.45) is 10.7 Å². The van der Waals surface area contributed by atoms with Crippen molar-refractivity contribution in [3.63, 3.8) is 0 Å². The first kappa shape index (κ1) is 19.1.